The highest BCUT2D eigenvalue weighted by Crippen LogP contribution is 2.23. The van der Waals surface area contributed by atoms with Crippen LogP contribution in [0, 0.1) is 0 Å². The summed E-state index contributed by atoms with van der Waals surface area (Å²) in [4.78, 5) is 15.1. The van der Waals surface area contributed by atoms with Crippen molar-refractivity contribution in [1.29, 1.82) is 0 Å². The number of nitrogens with zero attached hydrogens (tertiary/aromatic N) is 2. The third kappa shape index (κ3) is 5.88. The Morgan fingerprint density at radius 1 is 1.10 bits per heavy atom. The Hall–Kier alpha value is -1.75. The third-order valence-corrected chi connectivity index (χ3v) is 5.85. The maximum atomic E-state index is 13.2. The first-order chi connectivity index (χ1) is 14.0. The highest BCUT2D eigenvalue weighted by molar-refractivity contribution is 9.10. The van der Waals surface area contributed by atoms with E-state index < -0.39 is 0 Å². The molecule has 3 aromatic rings. The number of hydrogen-bond acceptors (Lipinski definition) is 1. The molecule has 0 fully saturated rings. The summed E-state index contributed by atoms with van der Waals surface area (Å²) in [5.41, 5.74) is 2.78. The Balaban J connectivity index is 1.81. The average Bonchev–Trinajstić information content (AvgIpc) is 3.13. The molecule has 1 aromatic heterocycles. The van der Waals surface area contributed by atoms with Gasteiger partial charge in [0.05, 0.1) is 17.1 Å². The number of rotatable bonds is 8. The Labute approximate surface area is 190 Å². The minimum Gasteiger partial charge on any atom is -0.345 e. The van der Waals surface area contributed by atoms with Crippen LogP contribution in [0.25, 0.3) is 0 Å². The predicted octanol–water partition coefficient (Wildman–Crippen LogP) is 7.05. The fourth-order valence-corrected chi connectivity index (χ4v) is 3.92. The standard InChI is InChI=1S/C23H23BrCl2N2O/c1-2-3-12-28(23(29)21-11-10-19(25)14-22(21)26)16-20-5-4-13-27(20)15-17-6-8-18(24)9-7-17/h4-11,13-14H,2-3,12,15-16H2,1H3. The molecule has 3 nitrogen and oxygen atoms in total. The zero-order valence-electron chi connectivity index (χ0n) is 16.2. The highest BCUT2D eigenvalue weighted by Gasteiger charge is 2.20. The van der Waals surface area contributed by atoms with Gasteiger partial charge >= 0.3 is 0 Å². The summed E-state index contributed by atoms with van der Waals surface area (Å²) in [6, 6.07) is 17.4. The van der Waals surface area contributed by atoms with Crippen molar-refractivity contribution in [1.82, 2.24) is 9.47 Å². The van der Waals surface area contributed by atoms with Crippen LogP contribution in [0.5, 0.6) is 0 Å². The molecule has 6 heteroatoms. The number of carbonyl (C=O) groups excluding carboxylic acids is 1. The van der Waals surface area contributed by atoms with Crippen molar-refractivity contribution in [3.63, 3.8) is 0 Å². The summed E-state index contributed by atoms with van der Waals surface area (Å²) in [5, 5.41) is 0.907. The van der Waals surface area contributed by atoms with Gasteiger partial charge in [-0.05, 0) is 54.4 Å². The Kier molecular flexibility index (Phi) is 7.82. The molecule has 1 amide bonds. The van der Waals surface area contributed by atoms with Crippen LogP contribution in [0.1, 0.15) is 41.4 Å². The number of halogens is 3. The van der Waals surface area contributed by atoms with Crippen molar-refractivity contribution < 1.29 is 4.79 Å². The molecule has 0 aliphatic rings. The molecule has 0 radical (unpaired) electrons. The summed E-state index contributed by atoms with van der Waals surface area (Å²) in [6.07, 6.45) is 4.00. The molecule has 0 saturated carbocycles. The van der Waals surface area contributed by atoms with E-state index in [0.717, 1.165) is 29.6 Å². The van der Waals surface area contributed by atoms with E-state index in [1.54, 1.807) is 18.2 Å². The van der Waals surface area contributed by atoms with Crippen LogP contribution in [0.2, 0.25) is 10.0 Å². The molecule has 29 heavy (non-hydrogen) atoms. The van der Waals surface area contributed by atoms with Crippen LogP contribution in [0.15, 0.2) is 65.3 Å². The van der Waals surface area contributed by atoms with E-state index in [2.05, 4.69) is 51.8 Å². The lowest BCUT2D eigenvalue weighted by Crippen LogP contribution is -2.32. The highest BCUT2D eigenvalue weighted by atomic mass is 79.9. The van der Waals surface area contributed by atoms with Gasteiger partial charge in [-0.2, -0.15) is 0 Å². The minimum atomic E-state index is -0.0727. The van der Waals surface area contributed by atoms with Crippen molar-refractivity contribution in [2.75, 3.05) is 6.54 Å². The zero-order valence-corrected chi connectivity index (χ0v) is 19.3. The topological polar surface area (TPSA) is 25.2 Å². The number of carbonyl (C=O) groups is 1. The van der Waals surface area contributed by atoms with Gasteiger partial charge in [-0.15, -0.1) is 0 Å². The smallest absolute Gasteiger partial charge is 0.255 e. The maximum absolute atomic E-state index is 13.2. The zero-order chi connectivity index (χ0) is 20.8. The average molecular weight is 494 g/mol. The fourth-order valence-electron chi connectivity index (χ4n) is 3.16. The summed E-state index contributed by atoms with van der Waals surface area (Å²) < 4.78 is 3.24. The molecule has 0 unspecified atom stereocenters. The molecule has 0 atom stereocenters. The van der Waals surface area contributed by atoms with E-state index in [1.165, 1.54) is 5.56 Å². The minimum absolute atomic E-state index is 0.0727. The van der Waals surface area contributed by atoms with Gasteiger partial charge in [-0.25, -0.2) is 0 Å². The monoisotopic (exact) mass is 492 g/mol. The summed E-state index contributed by atoms with van der Waals surface area (Å²) in [5.74, 6) is -0.0727. The van der Waals surface area contributed by atoms with Gasteiger partial charge in [0, 0.05) is 34.5 Å². The van der Waals surface area contributed by atoms with Crippen LogP contribution in [-0.2, 0) is 13.1 Å². The van der Waals surface area contributed by atoms with E-state index >= 15 is 0 Å². The molecule has 0 saturated heterocycles. The first-order valence-corrected chi connectivity index (χ1v) is 11.2. The molecule has 0 bridgehead atoms. The molecule has 0 N–H and O–H groups in total. The second-order valence-corrected chi connectivity index (χ2v) is 8.72. The Morgan fingerprint density at radius 3 is 2.55 bits per heavy atom. The van der Waals surface area contributed by atoms with Gasteiger partial charge < -0.3 is 9.47 Å². The summed E-state index contributed by atoms with van der Waals surface area (Å²) in [7, 11) is 0. The van der Waals surface area contributed by atoms with Gasteiger partial charge in [-0.3, -0.25) is 4.79 Å². The van der Waals surface area contributed by atoms with Gasteiger partial charge in [0.15, 0.2) is 0 Å². The molecule has 0 aliphatic carbocycles. The van der Waals surface area contributed by atoms with E-state index in [0.29, 0.717) is 28.7 Å². The molecular formula is C23H23BrCl2N2O. The fraction of sp³-hybridized carbons (Fsp3) is 0.261. The number of benzene rings is 2. The van der Waals surface area contributed by atoms with Gasteiger partial charge in [0.1, 0.15) is 0 Å². The van der Waals surface area contributed by atoms with Crippen LogP contribution >= 0.6 is 39.1 Å². The van der Waals surface area contributed by atoms with E-state index in [9.17, 15) is 4.79 Å². The van der Waals surface area contributed by atoms with Gasteiger partial charge in [0.2, 0.25) is 0 Å². The van der Waals surface area contributed by atoms with E-state index in [-0.39, 0.29) is 5.91 Å². The van der Waals surface area contributed by atoms with E-state index in [1.807, 2.05) is 23.1 Å². The molecule has 2 aromatic carbocycles. The molecule has 152 valence electrons. The summed E-state index contributed by atoms with van der Waals surface area (Å²) >= 11 is 15.8. The number of amides is 1. The van der Waals surface area contributed by atoms with Crippen molar-refractivity contribution in [3.8, 4) is 0 Å². The van der Waals surface area contributed by atoms with Crippen LogP contribution < -0.4 is 0 Å². The molecule has 0 aliphatic heterocycles. The van der Waals surface area contributed by atoms with E-state index in [4.69, 9.17) is 23.2 Å². The van der Waals surface area contributed by atoms with Gasteiger partial charge in [-0.1, -0.05) is 64.6 Å². The lowest BCUT2D eigenvalue weighted by Gasteiger charge is -2.24. The molecule has 3 rings (SSSR count). The summed E-state index contributed by atoms with van der Waals surface area (Å²) in [6.45, 7) is 4.08. The Bertz CT molecular complexity index is 969. The number of aromatic nitrogens is 1. The largest absolute Gasteiger partial charge is 0.345 e. The first kappa shape index (κ1) is 21.9. The lowest BCUT2D eigenvalue weighted by molar-refractivity contribution is 0.0737. The van der Waals surface area contributed by atoms with Crippen molar-refractivity contribution >= 4 is 45.0 Å². The predicted molar refractivity (Wildman–Crippen MR) is 124 cm³/mol. The number of unbranched alkanes of at least 4 members (excludes halogenated alkanes) is 1. The normalized spacial score (nSPS) is 10.9. The molecule has 0 spiro atoms. The van der Waals surface area contributed by atoms with Crippen molar-refractivity contribution in [3.05, 3.63) is 92.1 Å². The van der Waals surface area contributed by atoms with Crippen LogP contribution in [0.4, 0.5) is 0 Å². The molecular weight excluding hydrogens is 471 g/mol. The Morgan fingerprint density at radius 2 is 1.86 bits per heavy atom. The van der Waals surface area contributed by atoms with Crippen molar-refractivity contribution in [2.24, 2.45) is 0 Å². The van der Waals surface area contributed by atoms with Crippen LogP contribution in [0.3, 0.4) is 0 Å². The number of hydrogen-bond donors (Lipinski definition) is 0. The maximum Gasteiger partial charge on any atom is 0.255 e. The first-order valence-electron chi connectivity index (χ1n) is 9.60. The third-order valence-electron chi connectivity index (χ3n) is 4.77. The van der Waals surface area contributed by atoms with Crippen LogP contribution in [-0.4, -0.2) is 21.9 Å². The van der Waals surface area contributed by atoms with Crippen molar-refractivity contribution in [2.45, 2.75) is 32.9 Å². The molecule has 1 heterocycles. The second-order valence-electron chi connectivity index (χ2n) is 6.96. The quantitative estimate of drug-likeness (QED) is 0.330. The SMILES string of the molecule is CCCCN(Cc1cccn1Cc1ccc(Br)cc1)C(=O)c1ccc(Cl)cc1Cl. The lowest BCUT2D eigenvalue weighted by atomic mass is 10.1. The van der Waals surface area contributed by atoms with Gasteiger partial charge in [0.25, 0.3) is 5.91 Å². The second kappa shape index (κ2) is 10.3.